The second-order valence-corrected chi connectivity index (χ2v) is 5.64. The summed E-state index contributed by atoms with van der Waals surface area (Å²) in [6.07, 6.45) is -0.799. The van der Waals surface area contributed by atoms with Gasteiger partial charge in [0.1, 0.15) is 6.61 Å². The largest absolute Gasteiger partial charge is 0.493 e. The molecule has 0 aromatic heterocycles. The number of benzene rings is 2. The minimum atomic E-state index is -0.948. The van der Waals surface area contributed by atoms with Crippen molar-refractivity contribution in [2.45, 2.75) is 25.6 Å². The third kappa shape index (κ3) is 5.36. The maximum Gasteiger partial charge on any atom is 0.303 e. The predicted molar refractivity (Wildman–Crippen MR) is 94.7 cm³/mol. The van der Waals surface area contributed by atoms with Crippen LogP contribution in [0.3, 0.4) is 0 Å². The SMILES string of the molecule is C=C(CCC(=O)O)C(O)c1ccc(OCc2ccccc2)c(OC)c1. The van der Waals surface area contributed by atoms with Crippen molar-refractivity contribution in [2.75, 3.05) is 7.11 Å². The zero-order valence-corrected chi connectivity index (χ0v) is 14.1. The predicted octanol–water partition coefficient (Wildman–Crippen LogP) is 3.73. The minimum Gasteiger partial charge on any atom is -0.493 e. The number of rotatable bonds is 9. The number of carbonyl (C=O) groups is 1. The van der Waals surface area contributed by atoms with E-state index in [4.69, 9.17) is 14.6 Å². The Bertz CT molecular complexity index is 724. The van der Waals surface area contributed by atoms with Crippen molar-refractivity contribution >= 4 is 5.97 Å². The van der Waals surface area contributed by atoms with E-state index in [-0.39, 0.29) is 12.8 Å². The number of carboxylic acid groups (broad SMARTS) is 1. The molecular weight excluding hydrogens is 320 g/mol. The zero-order valence-electron chi connectivity index (χ0n) is 14.1. The van der Waals surface area contributed by atoms with Crippen LogP contribution in [0.2, 0.25) is 0 Å². The molecule has 1 unspecified atom stereocenters. The average molecular weight is 342 g/mol. The summed E-state index contributed by atoms with van der Waals surface area (Å²) in [5, 5.41) is 19.1. The summed E-state index contributed by atoms with van der Waals surface area (Å²) in [5.74, 6) is 0.146. The Kier molecular flexibility index (Phi) is 6.60. The second-order valence-electron chi connectivity index (χ2n) is 5.64. The highest BCUT2D eigenvalue weighted by Gasteiger charge is 2.15. The van der Waals surface area contributed by atoms with Gasteiger partial charge in [-0.25, -0.2) is 0 Å². The molecule has 0 fully saturated rings. The van der Waals surface area contributed by atoms with Crippen LogP contribution in [0.4, 0.5) is 0 Å². The van der Waals surface area contributed by atoms with E-state index >= 15 is 0 Å². The molecule has 0 saturated carbocycles. The maximum absolute atomic E-state index is 10.6. The third-order valence-corrected chi connectivity index (χ3v) is 3.79. The van der Waals surface area contributed by atoms with Gasteiger partial charge < -0.3 is 19.7 Å². The van der Waals surface area contributed by atoms with E-state index < -0.39 is 12.1 Å². The van der Waals surface area contributed by atoms with Crippen molar-refractivity contribution in [1.29, 1.82) is 0 Å². The van der Waals surface area contributed by atoms with Gasteiger partial charge in [0.25, 0.3) is 0 Å². The first-order chi connectivity index (χ1) is 12.0. The molecule has 2 aromatic carbocycles. The molecule has 0 aliphatic heterocycles. The van der Waals surface area contributed by atoms with Gasteiger partial charge in [0.2, 0.25) is 0 Å². The van der Waals surface area contributed by atoms with Gasteiger partial charge in [-0.15, -0.1) is 0 Å². The van der Waals surface area contributed by atoms with Crippen LogP contribution in [0.5, 0.6) is 11.5 Å². The molecule has 2 N–H and O–H groups in total. The number of carboxylic acids is 1. The molecule has 0 aliphatic carbocycles. The first kappa shape index (κ1) is 18.5. The Morgan fingerprint density at radius 2 is 1.84 bits per heavy atom. The molecule has 0 spiro atoms. The molecule has 0 amide bonds. The lowest BCUT2D eigenvalue weighted by molar-refractivity contribution is -0.137. The van der Waals surface area contributed by atoms with Crippen LogP contribution in [0, 0.1) is 0 Å². The van der Waals surface area contributed by atoms with Gasteiger partial charge in [-0.1, -0.05) is 43.0 Å². The number of hydrogen-bond acceptors (Lipinski definition) is 4. The first-order valence-electron chi connectivity index (χ1n) is 7.93. The minimum absolute atomic E-state index is 0.0642. The van der Waals surface area contributed by atoms with E-state index in [1.54, 1.807) is 18.2 Å². The Morgan fingerprint density at radius 3 is 2.48 bits per heavy atom. The molecule has 2 rings (SSSR count). The lowest BCUT2D eigenvalue weighted by Crippen LogP contribution is -2.05. The van der Waals surface area contributed by atoms with Gasteiger partial charge in [0, 0.05) is 6.42 Å². The second kappa shape index (κ2) is 8.89. The summed E-state index contributed by atoms with van der Waals surface area (Å²) in [6, 6.07) is 14.9. The molecule has 0 aliphatic rings. The van der Waals surface area contributed by atoms with Crippen LogP contribution in [0.1, 0.15) is 30.1 Å². The van der Waals surface area contributed by atoms with Gasteiger partial charge in [-0.05, 0) is 35.3 Å². The van der Waals surface area contributed by atoms with E-state index in [1.807, 2.05) is 30.3 Å². The molecule has 0 heterocycles. The van der Waals surface area contributed by atoms with Crippen LogP contribution in [0.25, 0.3) is 0 Å². The fourth-order valence-corrected chi connectivity index (χ4v) is 2.35. The lowest BCUT2D eigenvalue weighted by atomic mass is 9.99. The van der Waals surface area contributed by atoms with Crippen molar-refractivity contribution in [2.24, 2.45) is 0 Å². The summed E-state index contributed by atoms with van der Waals surface area (Å²) >= 11 is 0. The molecule has 5 nitrogen and oxygen atoms in total. The number of methoxy groups -OCH3 is 1. The Labute approximate surface area is 147 Å². The monoisotopic (exact) mass is 342 g/mol. The van der Waals surface area contributed by atoms with Gasteiger partial charge in [0.15, 0.2) is 11.5 Å². The summed E-state index contributed by atoms with van der Waals surface area (Å²) in [5.41, 5.74) is 2.07. The smallest absolute Gasteiger partial charge is 0.303 e. The average Bonchev–Trinajstić information content (AvgIpc) is 2.64. The molecule has 0 bridgehead atoms. The van der Waals surface area contributed by atoms with E-state index in [0.717, 1.165) is 5.56 Å². The van der Waals surface area contributed by atoms with Gasteiger partial charge >= 0.3 is 5.97 Å². The Morgan fingerprint density at radius 1 is 1.12 bits per heavy atom. The van der Waals surface area contributed by atoms with E-state index in [0.29, 0.717) is 29.2 Å². The van der Waals surface area contributed by atoms with Gasteiger partial charge in [-0.2, -0.15) is 0 Å². The molecule has 132 valence electrons. The van der Waals surface area contributed by atoms with Crippen LogP contribution in [-0.2, 0) is 11.4 Å². The van der Waals surface area contributed by atoms with Crippen molar-refractivity contribution in [3.63, 3.8) is 0 Å². The Balaban J connectivity index is 2.07. The van der Waals surface area contributed by atoms with Crippen molar-refractivity contribution in [3.8, 4) is 11.5 Å². The van der Waals surface area contributed by atoms with Crippen LogP contribution >= 0.6 is 0 Å². The summed E-state index contributed by atoms with van der Waals surface area (Å²) < 4.78 is 11.1. The molecule has 2 aromatic rings. The molecule has 5 heteroatoms. The summed E-state index contributed by atoms with van der Waals surface area (Å²) in [4.78, 5) is 10.6. The summed E-state index contributed by atoms with van der Waals surface area (Å²) in [6.45, 7) is 4.18. The number of aliphatic carboxylic acids is 1. The van der Waals surface area contributed by atoms with Crippen molar-refractivity contribution < 1.29 is 24.5 Å². The fourth-order valence-electron chi connectivity index (χ4n) is 2.35. The highest BCUT2D eigenvalue weighted by Crippen LogP contribution is 2.33. The fraction of sp³-hybridized carbons (Fsp3) is 0.250. The zero-order chi connectivity index (χ0) is 18.2. The molecular formula is C20H22O5. The number of aliphatic hydroxyl groups is 1. The standard InChI is InChI=1S/C20H22O5/c1-14(8-11-19(21)22)20(23)16-9-10-17(18(12-16)24-2)25-13-15-6-4-3-5-7-15/h3-7,9-10,12,20,23H,1,8,11,13H2,2H3,(H,21,22). The van der Waals surface area contributed by atoms with Crippen molar-refractivity contribution in [1.82, 2.24) is 0 Å². The van der Waals surface area contributed by atoms with E-state index in [2.05, 4.69) is 6.58 Å². The van der Waals surface area contributed by atoms with E-state index in [9.17, 15) is 9.90 Å². The molecule has 25 heavy (non-hydrogen) atoms. The van der Waals surface area contributed by atoms with Crippen molar-refractivity contribution in [3.05, 3.63) is 71.8 Å². The maximum atomic E-state index is 10.6. The Hall–Kier alpha value is -2.79. The molecule has 0 saturated heterocycles. The highest BCUT2D eigenvalue weighted by atomic mass is 16.5. The topological polar surface area (TPSA) is 76.0 Å². The lowest BCUT2D eigenvalue weighted by Gasteiger charge is -2.17. The van der Waals surface area contributed by atoms with Gasteiger partial charge in [0.05, 0.1) is 13.2 Å². The highest BCUT2D eigenvalue weighted by molar-refractivity contribution is 5.67. The quantitative estimate of drug-likeness (QED) is 0.679. The van der Waals surface area contributed by atoms with Crippen LogP contribution in [-0.4, -0.2) is 23.3 Å². The normalized spacial score (nSPS) is 11.6. The van der Waals surface area contributed by atoms with Gasteiger partial charge in [-0.3, -0.25) is 4.79 Å². The third-order valence-electron chi connectivity index (χ3n) is 3.79. The van der Waals surface area contributed by atoms with E-state index in [1.165, 1.54) is 7.11 Å². The first-order valence-corrected chi connectivity index (χ1v) is 7.93. The number of aliphatic hydroxyl groups excluding tert-OH is 1. The number of hydrogen-bond donors (Lipinski definition) is 2. The summed E-state index contributed by atoms with van der Waals surface area (Å²) in [7, 11) is 1.53. The molecule has 0 radical (unpaired) electrons. The number of ether oxygens (including phenoxy) is 2. The van der Waals surface area contributed by atoms with Crippen LogP contribution in [0.15, 0.2) is 60.7 Å². The molecule has 1 atom stereocenters. The van der Waals surface area contributed by atoms with Crippen LogP contribution < -0.4 is 9.47 Å².